The van der Waals surface area contributed by atoms with E-state index in [4.69, 9.17) is 23.2 Å². The van der Waals surface area contributed by atoms with E-state index in [0.29, 0.717) is 45.7 Å². The largest absolute Gasteiger partial charge is 0.481 e. The lowest BCUT2D eigenvalue weighted by Gasteiger charge is -2.37. The number of hydrogen-bond acceptors (Lipinski definition) is 4. The standard InChI is InChI=1S/C17H16Cl2N2O3S/c1-9-11(17(23)24)3-2-6-21(9)16(22)14-8-25-15(20-14)12-5-4-10(18)7-13(12)19/h4-5,7-9,11H,2-3,6H2,1H3,(H,23,24)/t9-,11-/m1/s1. The van der Waals surface area contributed by atoms with Crippen LogP contribution in [0.3, 0.4) is 0 Å². The van der Waals surface area contributed by atoms with Gasteiger partial charge in [-0.1, -0.05) is 23.2 Å². The van der Waals surface area contributed by atoms with Crippen LogP contribution in [0.4, 0.5) is 0 Å². The van der Waals surface area contributed by atoms with Crippen molar-refractivity contribution in [2.75, 3.05) is 6.54 Å². The summed E-state index contributed by atoms with van der Waals surface area (Å²) in [6.07, 6.45) is 1.26. The monoisotopic (exact) mass is 398 g/mol. The first kappa shape index (κ1) is 18.2. The summed E-state index contributed by atoms with van der Waals surface area (Å²) in [5, 5.41) is 12.6. The van der Waals surface area contributed by atoms with Crippen LogP contribution in [-0.4, -0.2) is 39.5 Å². The highest BCUT2D eigenvalue weighted by atomic mass is 35.5. The number of benzene rings is 1. The number of carbonyl (C=O) groups excluding carboxylic acids is 1. The van der Waals surface area contributed by atoms with Gasteiger partial charge in [-0.15, -0.1) is 11.3 Å². The zero-order valence-corrected chi connectivity index (χ0v) is 15.7. The van der Waals surface area contributed by atoms with Crippen molar-refractivity contribution in [3.63, 3.8) is 0 Å². The van der Waals surface area contributed by atoms with Crippen molar-refractivity contribution in [2.45, 2.75) is 25.8 Å². The predicted octanol–water partition coefficient (Wildman–Crippen LogP) is 4.44. The second kappa shape index (κ2) is 7.32. The zero-order chi connectivity index (χ0) is 18.1. The van der Waals surface area contributed by atoms with Gasteiger partial charge in [-0.3, -0.25) is 9.59 Å². The first-order valence-corrected chi connectivity index (χ1v) is 9.46. The first-order valence-electron chi connectivity index (χ1n) is 7.83. The third-order valence-electron chi connectivity index (χ3n) is 4.45. The van der Waals surface area contributed by atoms with E-state index < -0.39 is 11.9 Å². The summed E-state index contributed by atoms with van der Waals surface area (Å²) in [5.74, 6) is -1.65. The lowest BCUT2D eigenvalue weighted by atomic mass is 9.90. The molecule has 1 aromatic heterocycles. The quantitative estimate of drug-likeness (QED) is 0.828. The Bertz CT molecular complexity index is 824. The van der Waals surface area contributed by atoms with Crippen molar-refractivity contribution in [3.05, 3.63) is 39.3 Å². The molecule has 3 rings (SSSR count). The number of carboxylic acid groups (broad SMARTS) is 1. The average molecular weight is 399 g/mol. The van der Waals surface area contributed by atoms with Gasteiger partial charge in [-0.25, -0.2) is 4.98 Å². The molecule has 0 unspecified atom stereocenters. The molecule has 1 aliphatic rings. The van der Waals surface area contributed by atoms with Gasteiger partial charge in [0.2, 0.25) is 0 Å². The Kier molecular flexibility index (Phi) is 5.32. The highest BCUT2D eigenvalue weighted by molar-refractivity contribution is 7.13. The molecule has 1 saturated heterocycles. The fraction of sp³-hybridized carbons (Fsp3) is 0.353. The van der Waals surface area contributed by atoms with Crippen molar-refractivity contribution >= 4 is 46.4 Å². The van der Waals surface area contributed by atoms with Crippen LogP contribution >= 0.6 is 34.5 Å². The van der Waals surface area contributed by atoms with E-state index in [1.54, 1.807) is 35.4 Å². The molecule has 8 heteroatoms. The molecule has 25 heavy (non-hydrogen) atoms. The van der Waals surface area contributed by atoms with E-state index in [9.17, 15) is 14.7 Å². The molecule has 1 aromatic carbocycles. The van der Waals surface area contributed by atoms with Crippen LogP contribution in [0.5, 0.6) is 0 Å². The molecule has 2 heterocycles. The summed E-state index contributed by atoms with van der Waals surface area (Å²) in [6.45, 7) is 2.32. The fourth-order valence-corrected chi connectivity index (χ4v) is 4.45. The summed E-state index contributed by atoms with van der Waals surface area (Å²) in [5.41, 5.74) is 1.02. The number of rotatable bonds is 3. The van der Waals surface area contributed by atoms with Gasteiger partial charge in [0.05, 0.1) is 10.9 Å². The van der Waals surface area contributed by atoms with Crippen LogP contribution in [0, 0.1) is 5.92 Å². The summed E-state index contributed by atoms with van der Waals surface area (Å²) in [6, 6.07) is 4.76. The van der Waals surface area contributed by atoms with Crippen molar-refractivity contribution in [1.82, 2.24) is 9.88 Å². The molecule has 1 amide bonds. The molecule has 0 radical (unpaired) electrons. The number of piperidine rings is 1. The topological polar surface area (TPSA) is 70.5 Å². The minimum absolute atomic E-state index is 0.244. The average Bonchev–Trinajstić information content (AvgIpc) is 3.04. The number of thiazole rings is 1. The van der Waals surface area contributed by atoms with Gasteiger partial charge in [-0.2, -0.15) is 0 Å². The number of carboxylic acids is 1. The molecule has 0 aliphatic carbocycles. The van der Waals surface area contributed by atoms with Crippen LogP contribution in [0.1, 0.15) is 30.3 Å². The van der Waals surface area contributed by atoms with E-state index in [1.807, 2.05) is 0 Å². The Morgan fingerprint density at radius 3 is 2.80 bits per heavy atom. The summed E-state index contributed by atoms with van der Waals surface area (Å²) >= 11 is 13.4. The molecule has 0 spiro atoms. The maximum atomic E-state index is 12.8. The zero-order valence-electron chi connectivity index (χ0n) is 13.4. The third-order valence-corrected chi connectivity index (χ3v) is 5.87. The Morgan fingerprint density at radius 2 is 2.12 bits per heavy atom. The Morgan fingerprint density at radius 1 is 1.36 bits per heavy atom. The summed E-state index contributed by atoms with van der Waals surface area (Å²) in [7, 11) is 0. The fourth-order valence-electron chi connectivity index (χ4n) is 3.07. The third kappa shape index (κ3) is 3.66. The predicted molar refractivity (Wildman–Crippen MR) is 98.4 cm³/mol. The Balaban J connectivity index is 1.84. The van der Waals surface area contributed by atoms with Crippen LogP contribution in [0.2, 0.25) is 10.0 Å². The van der Waals surface area contributed by atoms with Gasteiger partial charge >= 0.3 is 5.97 Å². The highest BCUT2D eigenvalue weighted by Crippen LogP contribution is 2.33. The number of nitrogens with zero attached hydrogens (tertiary/aromatic N) is 2. The van der Waals surface area contributed by atoms with E-state index in [1.165, 1.54) is 11.3 Å². The van der Waals surface area contributed by atoms with E-state index in [0.717, 1.165) is 0 Å². The number of amides is 1. The van der Waals surface area contributed by atoms with Crippen LogP contribution < -0.4 is 0 Å². The van der Waals surface area contributed by atoms with Gasteiger partial charge in [0, 0.05) is 28.6 Å². The Labute approximate surface area is 159 Å². The molecular formula is C17H16Cl2N2O3S. The van der Waals surface area contributed by atoms with Gasteiger partial charge in [-0.05, 0) is 38.0 Å². The van der Waals surface area contributed by atoms with E-state index in [2.05, 4.69) is 4.98 Å². The molecule has 5 nitrogen and oxygen atoms in total. The Hall–Kier alpha value is -1.63. The van der Waals surface area contributed by atoms with Crippen LogP contribution in [0.25, 0.3) is 10.6 Å². The maximum Gasteiger partial charge on any atom is 0.308 e. The normalized spacial score (nSPS) is 20.5. The highest BCUT2D eigenvalue weighted by Gasteiger charge is 2.36. The van der Waals surface area contributed by atoms with Crippen molar-refractivity contribution in [2.24, 2.45) is 5.92 Å². The van der Waals surface area contributed by atoms with Gasteiger partial charge < -0.3 is 10.0 Å². The minimum atomic E-state index is -0.864. The maximum absolute atomic E-state index is 12.8. The number of aromatic nitrogens is 1. The summed E-state index contributed by atoms with van der Waals surface area (Å²) < 4.78 is 0. The number of hydrogen-bond donors (Lipinski definition) is 1. The number of carbonyl (C=O) groups is 2. The first-order chi connectivity index (χ1) is 11.9. The van der Waals surface area contributed by atoms with Gasteiger partial charge in [0.1, 0.15) is 10.7 Å². The molecular weight excluding hydrogens is 383 g/mol. The molecule has 2 aromatic rings. The van der Waals surface area contributed by atoms with E-state index in [-0.39, 0.29) is 11.9 Å². The number of aliphatic carboxylic acids is 1. The van der Waals surface area contributed by atoms with Gasteiger partial charge in [0.25, 0.3) is 5.91 Å². The van der Waals surface area contributed by atoms with Gasteiger partial charge in [0.15, 0.2) is 0 Å². The lowest BCUT2D eigenvalue weighted by Crippen LogP contribution is -2.49. The molecule has 1 fully saturated rings. The molecule has 132 valence electrons. The van der Waals surface area contributed by atoms with Crippen molar-refractivity contribution in [1.29, 1.82) is 0 Å². The number of likely N-dealkylation sites (tertiary alicyclic amines) is 1. The molecule has 1 aliphatic heterocycles. The summed E-state index contributed by atoms with van der Waals surface area (Å²) in [4.78, 5) is 30.1. The van der Waals surface area contributed by atoms with Crippen molar-refractivity contribution < 1.29 is 14.7 Å². The van der Waals surface area contributed by atoms with Crippen LogP contribution in [-0.2, 0) is 4.79 Å². The molecule has 1 N–H and O–H groups in total. The minimum Gasteiger partial charge on any atom is -0.481 e. The van der Waals surface area contributed by atoms with Crippen LogP contribution in [0.15, 0.2) is 23.6 Å². The second-order valence-electron chi connectivity index (χ2n) is 5.99. The number of halogens is 2. The second-order valence-corrected chi connectivity index (χ2v) is 7.69. The molecule has 2 atom stereocenters. The lowest BCUT2D eigenvalue weighted by molar-refractivity contribution is -0.144. The molecule has 0 saturated carbocycles. The van der Waals surface area contributed by atoms with Crippen molar-refractivity contribution in [3.8, 4) is 10.6 Å². The molecule has 0 bridgehead atoms. The van der Waals surface area contributed by atoms with E-state index >= 15 is 0 Å². The smallest absolute Gasteiger partial charge is 0.308 e. The SMILES string of the molecule is C[C@@H]1[C@H](C(=O)O)CCCN1C(=O)c1csc(-c2ccc(Cl)cc2Cl)n1.